The second-order valence-electron chi connectivity index (χ2n) is 4.86. The van der Waals surface area contributed by atoms with Gasteiger partial charge in [-0.3, -0.25) is 14.5 Å². The molecule has 0 aliphatic carbocycles. The van der Waals surface area contributed by atoms with Gasteiger partial charge in [0.15, 0.2) is 0 Å². The number of imide groups is 1. The second kappa shape index (κ2) is 5.28. The molecular formula is C13H16BrN3O2. The van der Waals surface area contributed by atoms with Crippen LogP contribution in [0.25, 0.3) is 0 Å². The van der Waals surface area contributed by atoms with Crippen molar-refractivity contribution in [2.45, 2.75) is 39.3 Å². The Bertz CT molecular complexity index is 531. The van der Waals surface area contributed by atoms with E-state index in [0.29, 0.717) is 5.82 Å². The van der Waals surface area contributed by atoms with Crippen LogP contribution in [-0.4, -0.2) is 33.8 Å². The van der Waals surface area contributed by atoms with Crippen molar-refractivity contribution in [1.82, 2.24) is 9.88 Å². The first-order valence-electron chi connectivity index (χ1n) is 6.15. The van der Waals surface area contributed by atoms with E-state index in [9.17, 15) is 9.59 Å². The molecule has 0 saturated carbocycles. The molecule has 102 valence electrons. The van der Waals surface area contributed by atoms with Gasteiger partial charge in [0.2, 0.25) is 5.91 Å². The third-order valence-corrected chi connectivity index (χ3v) is 3.88. The maximum atomic E-state index is 12.1. The maximum absolute atomic E-state index is 12.1. The van der Waals surface area contributed by atoms with E-state index in [1.54, 1.807) is 6.07 Å². The Morgan fingerprint density at radius 3 is 2.63 bits per heavy atom. The van der Waals surface area contributed by atoms with Gasteiger partial charge in [-0.15, -0.1) is 0 Å². The number of amides is 2. The number of hydrogen-bond donors (Lipinski definition) is 1. The van der Waals surface area contributed by atoms with E-state index in [1.165, 1.54) is 4.90 Å². The normalized spacial score (nSPS) is 19.4. The maximum Gasteiger partial charge on any atom is 0.252 e. The van der Waals surface area contributed by atoms with Gasteiger partial charge in [-0.1, -0.05) is 0 Å². The van der Waals surface area contributed by atoms with E-state index in [-0.39, 0.29) is 24.3 Å². The van der Waals surface area contributed by atoms with E-state index < -0.39 is 6.04 Å². The molecule has 1 N–H and O–H groups in total. The SMILES string of the molecule is Cc1nc(NC2CC(=O)N(C(C)C)C2=O)ccc1Br. The Morgan fingerprint density at radius 1 is 1.42 bits per heavy atom. The van der Waals surface area contributed by atoms with Gasteiger partial charge in [0.05, 0.1) is 12.1 Å². The van der Waals surface area contributed by atoms with Crippen molar-refractivity contribution in [3.63, 3.8) is 0 Å². The molecule has 2 heterocycles. The fraction of sp³-hybridized carbons (Fsp3) is 0.462. The summed E-state index contributed by atoms with van der Waals surface area (Å²) >= 11 is 3.37. The molecule has 5 nitrogen and oxygen atoms in total. The van der Waals surface area contributed by atoms with E-state index >= 15 is 0 Å². The first kappa shape index (κ1) is 14.0. The van der Waals surface area contributed by atoms with Crippen molar-refractivity contribution < 1.29 is 9.59 Å². The molecule has 1 fully saturated rings. The topological polar surface area (TPSA) is 62.3 Å². The number of carbonyl (C=O) groups is 2. The van der Waals surface area contributed by atoms with Gasteiger partial charge in [0, 0.05) is 10.5 Å². The summed E-state index contributed by atoms with van der Waals surface area (Å²) in [5.74, 6) is 0.297. The number of pyridine rings is 1. The molecule has 0 spiro atoms. The molecule has 1 aromatic rings. The summed E-state index contributed by atoms with van der Waals surface area (Å²) in [6, 6.07) is 3.04. The second-order valence-corrected chi connectivity index (χ2v) is 5.71. The van der Waals surface area contributed by atoms with Gasteiger partial charge < -0.3 is 5.32 Å². The fourth-order valence-corrected chi connectivity index (χ4v) is 2.33. The number of nitrogens with one attached hydrogen (secondary N) is 1. The highest BCUT2D eigenvalue weighted by Gasteiger charge is 2.39. The highest BCUT2D eigenvalue weighted by Crippen LogP contribution is 2.21. The van der Waals surface area contributed by atoms with E-state index in [2.05, 4.69) is 26.2 Å². The Balaban J connectivity index is 2.14. The van der Waals surface area contributed by atoms with Gasteiger partial charge in [-0.2, -0.15) is 0 Å². The van der Waals surface area contributed by atoms with Crippen molar-refractivity contribution in [3.8, 4) is 0 Å². The van der Waals surface area contributed by atoms with Crippen molar-refractivity contribution in [3.05, 3.63) is 22.3 Å². The van der Waals surface area contributed by atoms with Crippen molar-refractivity contribution in [2.75, 3.05) is 5.32 Å². The van der Waals surface area contributed by atoms with Gasteiger partial charge in [0.1, 0.15) is 11.9 Å². The quantitative estimate of drug-likeness (QED) is 0.864. The third-order valence-electron chi connectivity index (χ3n) is 3.04. The molecule has 0 radical (unpaired) electrons. The molecule has 1 unspecified atom stereocenters. The van der Waals surface area contributed by atoms with Crippen LogP contribution in [-0.2, 0) is 9.59 Å². The van der Waals surface area contributed by atoms with Crippen LogP contribution in [0.2, 0.25) is 0 Å². The van der Waals surface area contributed by atoms with Crippen molar-refractivity contribution in [1.29, 1.82) is 0 Å². The molecule has 1 aliphatic rings. The summed E-state index contributed by atoms with van der Waals surface area (Å²) in [6.45, 7) is 5.54. The molecule has 19 heavy (non-hydrogen) atoms. The molecule has 2 rings (SSSR count). The number of anilines is 1. The zero-order valence-corrected chi connectivity index (χ0v) is 12.7. The minimum Gasteiger partial charge on any atom is -0.358 e. The summed E-state index contributed by atoms with van der Waals surface area (Å²) in [4.78, 5) is 29.5. The fourth-order valence-electron chi connectivity index (χ4n) is 2.11. The zero-order valence-electron chi connectivity index (χ0n) is 11.1. The summed E-state index contributed by atoms with van der Waals surface area (Å²) in [5.41, 5.74) is 0.836. The van der Waals surface area contributed by atoms with E-state index in [4.69, 9.17) is 0 Å². The molecular weight excluding hydrogens is 310 g/mol. The smallest absolute Gasteiger partial charge is 0.252 e. The minimum absolute atomic E-state index is 0.105. The molecule has 1 atom stereocenters. The van der Waals surface area contributed by atoms with Crippen LogP contribution in [0.4, 0.5) is 5.82 Å². The molecule has 1 saturated heterocycles. The van der Waals surface area contributed by atoms with Crippen LogP contribution in [0, 0.1) is 6.92 Å². The number of halogens is 1. The lowest BCUT2D eigenvalue weighted by molar-refractivity contribution is -0.140. The monoisotopic (exact) mass is 325 g/mol. The predicted octanol–water partition coefficient (Wildman–Crippen LogP) is 2.10. The van der Waals surface area contributed by atoms with Crippen LogP contribution in [0.3, 0.4) is 0 Å². The standard InChI is InChI=1S/C13H16BrN3O2/c1-7(2)17-12(18)6-10(13(17)19)16-11-5-4-9(14)8(3)15-11/h4-5,7,10H,6H2,1-3H3,(H,15,16). The molecule has 0 bridgehead atoms. The van der Waals surface area contributed by atoms with Crippen LogP contribution >= 0.6 is 15.9 Å². The average molecular weight is 326 g/mol. The van der Waals surface area contributed by atoms with E-state index in [0.717, 1.165) is 10.2 Å². The van der Waals surface area contributed by atoms with Crippen molar-refractivity contribution in [2.24, 2.45) is 0 Å². The Morgan fingerprint density at radius 2 is 2.11 bits per heavy atom. The highest BCUT2D eigenvalue weighted by atomic mass is 79.9. The zero-order chi connectivity index (χ0) is 14.2. The number of rotatable bonds is 3. The summed E-state index contributed by atoms with van der Waals surface area (Å²) in [5, 5.41) is 3.03. The van der Waals surface area contributed by atoms with Gasteiger partial charge >= 0.3 is 0 Å². The van der Waals surface area contributed by atoms with Gasteiger partial charge in [-0.05, 0) is 48.8 Å². The lowest BCUT2D eigenvalue weighted by Gasteiger charge is -2.19. The molecule has 6 heteroatoms. The number of nitrogens with zero attached hydrogens (tertiary/aromatic N) is 2. The Hall–Kier alpha value is -1.43. The molecule has 1 aliphatic heterocycles. The van der Waals surface area contributed by atoms with Crippen LogP contribution < -0.4 is 5.32 Å². The first-order chi connectivity index (χ1) is 8.90. The van der Waals surface area contributed by atoms with Gasteiger partial charge in [0.25, 0.3) is 5.91 Å². The summed E-state index contributed by atoms with van der Waals surface area (Å²) < 4.78 is 0.913. The minimum atomic E-state index is -0.511. The number of aryl methyl sites for hydroxylation is 1. The molecule has 1 aromatic heterocycles. The third kappa shape index (κ3) is 2.78. The van der Waals surface area contributed by atoms with Crippen LogP contribution in [0.5, 0.6) is 0 Å². The van der Waals surface area contributed by atoms with Crippen molar-refractivity contribution >= 4 is 33.6 Å². The van der Waals surface area contributed by atoms with E-state index in [1.807, 2.05) is 26.8 Å². The predicted molar refractivity (Wildman–Crippen MR) is 75.7 cm³/mol. The lowest BCUT2D eigenvalue weighted by Crippen LogP contribution is -2.39. The number of hydrogen-bond acceptors (Lipinski definition) is 4. The van der Waals surface area contributed by atoms with Crippen LogP contribution in [0.15, 0.2) is 16.6 Å². The summed E-state index contributed by atoms with van der Waals surface area (Å²) in [6.07, 6.45) is 0.188. The Kier molecular flexibility index (Phi) is 3.89. The van der Waals surface area contributed by atoms with Gasteiger partial charge in [-0.25, -0.2) is 4.98 Å². The number of carbonyl (C=O) groups excluding carboxylic acids is 2. The lowest BCUT2D eigenvalue weighted by atomic mass is 10.2. The number of aromatic nitrogens is 1. The first-order valence-corrected chi connectivity index (χ1v) is 6.95. The molecule has 2 amide bonds. The molecule has 0 aromatic carbocycles. The Labute approximate surface area is 120 Å². The largest absolute Gasteiger partial charge is 0.358 e. The summed E-state index contributed by atoms with van der Waals surface area (Å²) in [7, 11) is 0. The highest BCUT2D eigenvalue weighted by molar-refractivity contribution is 9.10. The van der Waals surface area contributed by atoms with Crippen LogP contribution in [0.1, 0.15) is 26.0 Å². The number of likely N-dealkylation sites (tertiary alicyclic amines) is 1. The average Bonchev–Trinajstić information content (AvgIpc) is 2.59.